The number of carbonyl (C=O) groups is 3. The predicted octanol–water partition coefficient (Wildman–Crippen LogP) is 0.698. The predicted molar refractivity (Wildman–Crippen MR) is 116 cm³/mol. The smallest absolute Gasteiger partial charge is 0.309 e. The molecule has 2 N–H and O–H groups in total. The van der Waals surface area contributed by atoms with Gasteiger partial charge in [-0.05, 0) is 42.3 Å². The van der Waals surface area contributed by atoms with Crippen LogP contribution in [0.25, 0.3) is 0 Å². The van der Waals surface area contributed by atoms with Crippen molar-refractivity contribution in [1.82, 2.24) is 15.5 Å². The van der Waals surface area contributed by atoms with Crippen LogP contribution in [0.15, 0.2) is 42.5 Å². The molecule has 2 aromatic rings. The van der Waals surface area contributed by atoms with E-state index in [-0.39, 0.29) is 19.2 Å². The number of amides is 3. The molecule has 0 radical (unpaired) electrons. The fourth-order valence-corrected chi connectivity index (χ4v) is 3.57. The molecule has 2 heterocycles. The third-order valence-electron chi connectivity index (χ3n) is 5.37. The first-order chi connectivity index (χ1) is 16.0. The summed E-state index contributed by atoms with van der Waals surface area (Å²) in [6.07, 6.45) is -0.0917. The summed E-state index contributed by atoms with van der Waals surface area (Å²) in [6.45, 7) is 1.15. The van der Waals surface area contributed by atoms with Gasteiger partial charge in [-0.3, -0.25) is 14.4 Å². The molecule has 2 aromatic carbocycles. The Labute approximate surface area is 190 Å². The standard InChI is InChI=1S/C23H25N3O7/c1-30-17-5-2-15(3-6-17)8-9-24-21(27)22(28)25-13-20-26(10-11-31-20)23(29)16-4-7-18-19(12-16)33-14-32-18/h2-7,12,20H,8-11,13-14H2,1H3,(H,24,27)(H,25,28)/t20-/m0/s1. The van der Waals surface area contributed by atoms with Gasteiger partial charge in [0.15, 0.2) is 11.5 Å². The van der Waals surface area contributed by atoms with Crippen molar-refractivity contribution in [3.63, 3.8) is 0 Å². The van der Waals surface area contributed by atoms with Gasteiger partial charge < -0.3 is 34.5 Å². The Kier molecular flexibility index (Phi) is 6.94. The van der Waals surface area contributed by atoms with Crippen LogP contribution in [0.4, 0.5) is 0 Å². The molecule has 174 valence electrons. The van der Waals surface area contributed by atoms with E-state index >= 15 is 0 Å². The van der Waals surface area contributed by atoms with Crippen molar-refractivity contribution in [1.29, 1.82) is 0 Å². The molecule has 10 nitrogen and oxygen atoms in total. The second-order valence-corrected chi connectivity index (χ2v) is 7.46. The Balaban J connectivity index is 1.23. The lowest BCUT2D eigenvalue weighted by atomic mass is 10.1. The second kappa shape index (κ2) is 10.2. The summed E-state index contributed by atoms with van der Waals surface area (Å²) in [4.78, 5) is 38.7. The van der Waals surface area contributed by atoms with E-state index in [0.717, 1.165) is 11.3 Å². The number of ether oxygens (including phenoxy) is 4. The topological polar surface area (TPSA) is 115 Å². The zero-order valence-electron chi connectivity index (χ0n) is 18.2. The summed E-state index contributed by atoms with van der Waals surface area (Å²) >= 11 is 0. The normalized spacial score (nSPS) is 16.4. The summed E-state index contributed by atoms with van der Waals surface area (Å²) in [5.74, 6) is 0.0744. The highest BCUT2D eigenvalue weighted by molar-refractivity contribution is 6.35. The molecule has 0 spiro atoms. The number of nitrogens with one attached hydrogen (secondary N) is 2. The third-order valence-corrected chi connectivity index (χ3v) is 5.37. The number of nitrogens with zero attached hydrogens (tertiary/aromatic N) is 1. The van der Waals surface area contributed by atoms with Crippen LogP contribution in [0.2, 0.25) is 0 Å². The largest absolute Gasteiger partial charge is 0.497 e. The molecular formula is C23H25N3O7. The highest BCUT2D eigenvalue weighted by atomic mass is 16.7. The molecule has 4 rings (SSSR count). The molecule has 1 fully saturated rings. The Hall–Kier alpha value is -3.79. The van der Waals surface area contributed by atoms with Crippen LogP contribution < -0.4 is 24.8 Å². The first-order valence-electron chi connectivity index (χ1n) is 10.6. The number of benzene rings is 2. The van der Waals surface area contributed by atoms with Gasteiger partial charge in [-0.25, -0.2) is 0 Å². The van der Waals surface area contributed by atoms with Gasteiger partial charge in [-0.1, -0.05) is 12.1 Å². The number of carbonyl (C=O) groups excluding carboxylic acids is 3. The summed E-state index contributed by atoms with van der Waals surface area (Å²) in [6, 6.07) is 12.4. The lowest BCUT2D eigenvalue weighted by Crippen LogP contribution is -2.47. The summed E-state index contributed by atoms with van der Waals surface area (Å²) < 4.78 is 21.3. The number of rotatable bonds is 7. The van der Waals surface area contributed by atoms with E-state index in [4.69, 9.17) is 18.9 Å². The fourth-order valence-electron chi connectivity index (χ4n) is 3.57. The summed E-state index contributed by atoms with van der Waals surface area (Å²) in [5.41, 5.74) is 1.44. The average molecular weight is 455 g/mol. The Morgan fingerprint density at radius 2 is 1.79 bits per heavy atom. The van der Waals surface area contributed by atoms with E-state index < -0.39 is 18.0 Å². The average Bonchev–Trinajstić information content (AvgIpc) is 3.51. The zero-order valence-corrected chi connectivity index (χ0v) is 18.2. The van der Waals surface area contributed by atoms with Crippen molar-refractivity contribution >= 4 is 17.7 Å². The van der Waals surface area contributed by atoms with Gasteiger partial charge in [0.1, 0.15) is 12.0 Å². The molecule has 2 aliphatic heterocycles. The molecule has 10 heteroatoms. The minimum Gasteiger partial charge on any atom is -0.497 e. The van der Waals surface area contributed by atoms with Crippen LogP contribution >= 0.6 is 0 Å². The maximum Gasteiger partial charge on any atom is 0.309 e. The molecular weight excluding hydrogens is 430 g/mol. The van der Waals surface area contributed by atoms with Crippen molar-refractivity contribution < 1.29 is 33.3 Å². The number of fused-ring (bicyclic) bond motifs is 1. The number of hydrogen-bond acceptors (Lipinski definition) is 7. The van der Waals surface area contributed by atoms with Gasteiger partial charge in [0.05, 0.1) is 20.3 Å². The van der Waals surface area contributed by atoms with Crippen molar-refractivity contribution in [2.75, 3.05) is 40.1 Å². The molecule has 0 aliphatic carbocycles. The van der Waals surface area contributed by atoms with Gasteiger partial charge in [-0.2, -0.15) is 0 Å². The van der Waals surface area contributed by atoms with Crippen LogP contribution in [0.1, 0.15) is 15.9 Å². The molecule has 33 heavy (non-hydrogen) atoms. The summed E-state index contributed by atoms with van der Waals surface area (Å²) in [5, 5.41) is 5.12. The Morgan fingerprint density at radius 3 is 2.58 bits per heavy atom. The van der Waals surface area contributed by atoms with E-state index in [1.54, 1.807) is 25.3 Å². The van der Waals surface area contributed by atoms with Gasteiger partial charge in [0, 0.05) is 18.7 Å². The lowest BCUT2D eigenvalue weighted by molar-refractivity contribution is -0.139. The molecule has 1 saturated heterocycles. The van der Waals surface area contributed by atoms with E-state index in [0.29, 0.717) is 43.2 Å². The molecule has 0 saturated carbocycles. The minimum absolute atomic E-state index is 0.00102. The Bertz CT molecular complexity index is 1030. The third kappa shape index (κ3) is 5.35. The van der Waals surface area contributed by atoms with Crippen LogP contribution in [0.5, 0.6) is 17.2 Å². The highest BCUT2D eigenvalue weighted by Crippen LogP contribution is 2.33. The van der Waals surface area contributed by atoms with Crippen LogP contribution in [0, 0.1) is 0 Å². The zero-order chi connectivity index (χ0) is 23.2. The first kappa shape index (κ1) is 22.4. The molecule has 1 atom stereocenters. The maximum absolute atomic E-state index is 12.9. The van der Waals surface area contributed by atoms with E-state index in [1.807, 2.05) is 24.3 Å². The molecule has 2 aliphatic rings. The second-order valence-electron chi connectivity index (χ2n) is 7.46. The van der Waals surface area contributed by atoms with Gasteiger partial charge in [0.2, 0.25) is 6.79 Å². The molecule has 0 bridgehead atoms. The minimum atomic E-state index is -0.782. The summed E-state index contributed by atoms with van der Waals surface area (Å²) in [7, 11) is 1.59. The van der Waals surface area contributed by atoms with Crippen LogP contribution in [0.3, 0.4) is 0 Å². The first-order valence-corrected chi connectivity index (χ1v) is 10.6. The SMILES string of the molecule is COc1ccc(CCNC(=O)C(=O)NC[C@@H]2OCCN2C(=O)c2ccc3c(c2)OCO3)cc1. The highest BCUT2D eigenvalue weighted by Gasteiger charge is 2.32. The number of hydrogen-bond donors (Lipinski definition) is 2. The molecule has 0 unspecified atom stereocenters. The van der Waals surface area contributed by atoms with E-state index in [2.05, 4.69) is 10.6 Å². The number of methoxy groups -OCH3 is 1. The van der Waals surface area contributed by atoms with Gasteiger partial charge >= 0.3 is 11.8 Å². The Morgan fingerprint density at radius 1 is 1.03 bits per heavy atom. The molecule has 0 aromatic heterocycles. The monoisotopic (exact) mass is 455 g/mol. The van der Waals surface area contributed by atoms with Crippen molar-refractivity contribution in [2.45, 2.75) is 12.6 Å². The fraction of sp³-hybridized carbons (Fsp3) is 0.348. The van der Waals surface area contributed by atoms with Crippen molar-refractivity contribution in [2.24, 2.45) is 0 Å². The van der Waals surface area contributed by atoms with E-state index in [9.17, 15) is 14.4 Å². The van der Waals surface area contributed by atoms with Gasteiger partial charge in [-0.15, -0.1) is 0 Å². The van der Waals surface area contributed by atoms with Crippen molar-refractivity contribution in [3.05, 3.63) is 53.6 Å². The van der Waals surface area contributed by atoms with Crippen molar-refractivity contribution in [3.8, 4) is 17.2 Å². The maximum atomic E-state index is 12.9. The van der Waals surface area contributed by atoms with E-state index in [1.165, 1.54) is 4.90 Å². The van der Waals surface area contributed by atoms with Gasteiger partial charge in [0.25, 0.3) is 5.91 Å². The van der Waals surface area contributed by atoms with Crippen LogP contribution in [-0.4, -0.2) is 69.0 Å². The molecule has 3 amide bonds. The van der Waals surface area contributed by atoms with Crippen LogP contribution in [-0.2, 0) is 20.7 Å². The lowest BCUT2D eigenvalue weighted by Gasteiger charge is -2.23. The quantitative estimate of drug-likeness (QED) is 0.591.